The predicted molar refractivity (Wildman–Crippen MR) is 68.3 cm³/mol. The molecule has 0 aromatic heterocycles. The van der Waals surface area contributed by atoms with Gasteiger partial charge < -0.3 is 15.2 Å². The number of aryl methyl sites for hydroxylation is 1. The molecule has 3 heteroatoms. The van der Waals surface area contributed by atoms with Gasteiger partial charge in [0.1, 0.15) is 12.4 Å². The summed E-state index contributed by atoms with van der Waals surface area (Å²) in [6.07, 6.45) is 2.52. The Balaban J connectivity index is 1.96. The monoisotopic (exact) mass is 235 g/mol. The highest BCUT2D eigenvalue weighted by Crippen LogP contribution is 2.23. The summed E-state index contributed by atoms with van der Waals surface area (Å²) in [6, 6.07) is 6.20. The lowest BCUT2D eigenvalue weighted by Crippen LogP contribution is -2.16. The summed E-state index contributed by atoms with van der Waals surface area (Å²) in [5.74, 6) is 0.935. The van der Waals surface area contributed by atoms with Crippen molar-refractivity contribution in [2.45, 2.75) is 38.8 Å². The van der Waals surface area contributed by atoms with Crippen molar-refractivity contribution in [1.82, 2.24) is 0 Å². The van der Waals surface area contributed by atoms with Crippen LogP contribution in [0.2, 0.25) is 0 Å². The molecule has 3 nitrogen and oxygen atoms in total. The van der Waals surface area contributed by atoms with E-state index in [-0.39, 0.29) is 12.1 Å². The number of benzene rings is 1. The molecule has 94 valence electrons. The summed E-state index contributed by atoms with van der Waals surface area (Å²) >= 11 is 0. The highest BCUT2D eigenvalue weighted by Gasteiger charge is 2.16. The lowest BCUT2D eigenvalue weighted by atomic mass is 10.1. The summed E-state index contributed by atoms with van der Waals surface area (Å²) in [5.41, 5.74) is 8.13. The summed E-state index contributed by atoms with van der Waals surface area (Å²) in [5, 5.41) is 0. The third kappa shape index (κ3) is 3.20. The largest absolute Gasteiger partial charge is 0.491 e. The molecule has 0 bridgehead atoms. The molecular formula is C14H21NO2. The predicted octanol–water partition coefficient (Wildman–Crippen LogP) is 2.57. The van der Waals surface area contributed by atoms with Crippen LogP contribution in [0.4, 0.5) is 0 Å². The van der Waals surface area contributed by atoms with Gasteiger partial charge in [0.25, 0.3) is 0 Å². The van der Waals surface area contributed by atoms with Crippen LogP contribution in [0, 0.1) is 6.92 Å². The fourth-order valence-electron chi connectivity index (χ4n) is 2.08. The van der Waals surface area contributed by atoms with E-state index in [4.69, 9.17) is 15.2 Å². The molecule has 2 atom stereocenters. The van der Waals surface area contributed by atoms with Gasteiger partial charge in [-0.05, 0) is 43.9 Å². The highest BCUT2D eigenvalue weighted by atomic mass is 16.5. The molecule has 1 aliphatic rings. The molecule has 1 heterocycles. The molecule has 0 saturated carbocycles. The first-order chi connectivity index (χ1) is 8.16. The molecule has 1 fully saturated rings. The summed E-state index contributed by atoms with van der Waals surface area (Å²) in [7, 11) is 0. The number of hydrogen-bond acceptors (Lipinski definition) is 3. The first kappa shape index (κ1) is 12.4. The fourth-order valence-corrected chi connectivity index (χ4v) is 2.08. The Morgan fingerprint density at radius 3 is 2.94 bits per heavy atom. The molecule has 0 radical (unpaired) electrons. The zero-order valence-electron chi connectivity index (χ0n) is 10.6. The van der Waals surface area contributed by atoms with Crippen molar-refractivity contribution in [2.75, 3.05) is 13.2 Å². The molecule has 1 aromatic carbocycles. The zero-order valence-corrected chi connectivity index (χ0v) is 10.6. The van der Waals surface area contributed by atoms with Gasteiger partial charge in [-0.3, -0.25) is 0 Å². The maximum Gasteiger partial charge on any atom is 0.122 e. The molecule has 2 N–H and O–H groups in total. The van der Waals surface area contributed by atoms with E-state index >= 15 is 0 Å². The average Bonchev–Trinajstić information content (AvgIpc) is 2.80. The number of ether oxygens (including phenoxy) is 2. The number of hydrogen-bond donors (Lipinski definition) is 1. The van der Waals surface area contributed by atoms with Crippen LogP contribution in [0.15, 0.2) is 18.2 Å². The average molecular weight is 235 g/mol. The van der Waals surface area contributed by atoms with Gasteiger partial charge in [-0.25, -0.2) is 0 Å². The molecule has 1 saturated heterocycles. The van der Waals surface area contributed by atoms with Crippen molar-refractivity contribution in [1.29, 1.82) is 0 Å². The Kier molecular flexibility index (Phi) is 4.02. The van der Waals surface area contributed by atoms with Crippen molar-refractivity contribution in [3.05, 3.63) is 29.3 Å². The van der Waals surface area contributed by atoms with Gasteiger partial charge in [0.2, 0.25) is 0 Å². The number of rotatable bonds is 4. The molecule has 1 unspecified atom stereocenters. The van der Waals surface area contributed by atoms with Crippen molar-refractivity contribution >= 4 is 0 Å². The quantitative estimate of drug-likeness (QED) is 0.872. The normalized spacial score (nSPS) is 21.5. The summed E-state index contributed by atoms with van der Waals surface area (Å²) in [4.78, 5) is 0. The standard InChI is InChI=1S/C14H21NO2/c1-10-8-12(11(2)15)5-6-14(10)17-9-13-4-3-7-16-13/h5-6,8,11,13H,3-4,7,9,15H2,1-2H3/t11-,13?/m1/s1. The van der Waals surface area contributed by atoms with Crippen LogP contribution in [0.5, 0.6) is 5.75 Å². The molecular weight excluding hydrogens is 214 g/mol. The molecule has 2 rings (SSSR count). The SMILES string of the molecule is Cc1cc([C@@H](C)N)ccc1OCC1CCCO1. The van der Waals surface area contributed by atoms with Crippen LogP contribution >= 0.6 is 0 Å². The van der Waals surface area contributed by atoms with Gasteiger partial charge >= 0.3 is 0 Å². The second-order valence-corrected chi connectivity index (χ2v) is 4.76. The van der Waals surface area contributed by atoms with Crippen molar-refractivity contribution in [3.63, 3.8) is 0 Å². The molecule has 17 heavy (non-hydrogen) atoms. The Morgan fingerprint density at radius 1 is 1.53 bits per heavy atom. The van der Waals surface area contributed by atoms with E-state index in [1.54, 1.807) is 0 Å². The second-order valence-electron chi connectivity index (χ2n) is 4.76. The maximum absolute atomic E-state index is 5.85. The topological polar surface area (TPSA) is 44.5 Å². The Bertz CT molecular complexity index is 370. The molecule has 0 aliphatic carbocycles. The Morgan fingerprint density at radius 2 is 2.35 bits per heavy atom. The Hall–Kier alpha value is -1.06. The van der Waals surface area contributed by atoms with Gasteiger partial charge in [-0.1, -0.05) is 12.1 Å². The van der Waals surface area contributed by atoms with Crippen molar-refractivity contribution in [3.8, 4) is 5.75 Å². The summed E-state index contributed by atoms with van der Waals surface area (Å²) in [6.45, 7) is 5.56. The molecule has 0 amide bonds. The third-order valence-electron chi connectivity index (χ3n) is 3.17. The third-order valence-corrected chi connectivity index (χ3v) is 3.17. The minimum Gasteiger partial charge on any atom is -0.491 e. The van der Waals surface area contributed by atoms with Gasteiger partial charge in [0, 0.05) is 12.6 Å². The van der Waals surface area contributed by atoms with Crippen molar-refractivity contribution in [2.24, 2.45) is 5.73 Å². The first-order valence-electron chi connectivity index (χ1n) is 6.27. The minimum absolute atomic E-state index is 0.0703. The minimum atomic E-state index is 0.0703. The van der Waals surface area contributed by atoms with E-state index < -0.39 is 0 Å². The fraction of sp³-hybridized carbons (Fsp3) is 0.571. The second kappa shape index (κ2) is 5.52. The lowest BCUT2D eigenvalue weighted by Gasteiger charge is -2.15. The number of nitrogens with two attached hydrogens (primary N) is 1. The first-order valence-corrected chi connectivity index (χ1v) is 6.27. The smallest absolute Gasteiger partial charge is 0.122 e. The van der Waals surface area contributed by atoms with Gasteiger partial charge in [-0.2, -0.15) is 0 Å². The van der Waals surface area contributed by atoms with Crippen LogP contribution in [0.1, 0.15) is 36.9 Å². The van der Waals surface area contributed by atoms with E-state index in [1.807, 2.05) is 19.1 Å². The molecule has 1 aliphatic heterocycles. The zero-order chi connectivity index (χ0) is 12.3. The van der Waals surface area contributed by atoms with E-state index in [9.17, 15) is 0 Å². The van der Waals surface area contributed by atoms with E-state index in [0.717, 1.165) is 36.3 Å². The van der Waals surface area contributed by atoms with Crippen LogP contribution < -0.4 is 10.5 Å². The van der Waals surface area contributed by atoms with Crippen molar-refractivity contribution < 1.29 is 9.47 Å². The van der Waals surface area contributed by atoms with Crippen LogP contribution in [0.3, 0.4) is 0 Å². The van der Waals surface area contributed by atoms with Crippen LogP contribution in [0.25, 0.3) is 0 Å². The highest BCUT2D eigenvalue weighted by molar-refractivity contribution is 5.37. The van der Waals surface area contributed by atoms with E-state index in [2.05, 4.69) is 13.0 Å². The lowest BCUT2D eigenvalue weighted by molar-refractivity contribution is 0.0677. The molecule has 0 spiro atoms. The Labute approximate surface area is 103 Å². The summed E-state index contributed by atoms with van der Waals surface area (Å²) < 4.78 is 11.3. The van der Waals surface area contributed by atoms with E-state index in [1.165, 1.54) is 0 Å². The van der Waals surface area contributed by atoms with Gasteiger partial charge in [0.15, 0.2) is 0 Å². The van der Waals surface area contributed by atoms with Crippen LogP contribution in [-0.2, 0) is 4.74 Å². The van der Waals surface area contributed by atoms with Gasteiger partial charge in [0.05, 0.1) is 6.10 Å². The van der Waals surface area contributed by atoms with Gasteiger partial charge in [-0.15, -0.1) is 0 Å². The van der Waals surface area contributed by atoms with Crippen LogP contribution in [-0.4, -0.2) is 19.3 Å². The van der Waals surface area contributed by atoms with E-state index in [0.29, 0.717) is 6.61 Å². The maximum atomic E-state index is 5.85. The molecule has 1 aromatic rings.